The molecule has 0 radical (unpaired) electrons. The van der Waals surface area contributed by atoms with E-state index in [1.54, 1.807) is 13.0 Å². The van der Waals surface area contributed by atoms with E-state index in [0.717, 1.165) is 25.9 Å². The van der Waals surface area contributed by atoms with Crippen LogP contribution in [0.1, 0.15) is 26.2 Å². The molecule has 0 aromatic carbocycles. The van der Waals surface area contributed by atoms with Gasteiger partial charge < -0.3 is 5.32 Å². The van der Waals surface area contributed by atoms with Gasteiger partial charge in [-0.15, -0.1) is 6.58 Å². The summed E-state index contributed by atoms with van der Waals surface area (Å²) in [7, 11) is 0. The van der Waals surface area contributed by atoms with Crippen LogP contribution >= 0.6 is 0 Å². The standard InChI is InChI=1S/C10H18FN/c1-3-6-10(2,11)9-5-4-7-12-8-9/h3,9,12H,1,4-8H2,2H3. The van der Waals surface area contributed by atoms with E-state index >= 15 is 0 Å². The summed E-state index contributed by atoms with van der Waals surface area (Å²) in [4.78, 5) is 0. The number of rotatable bonds is 3. The van der Waals surface area contributed by atoms with Gasteiger partial charge in [0.2, 0.25) is 0 Å². The van der Waals surface area contributed by atoms with E-state index in [4.69, 9.17) is 0 Å². The summed E-state index contributed by atoms with van der Waals surface area (Å²) in [5.41, 5.74) is -1.06. The van der Waals surface area contributed by atoms with Gasteiger partial charge in [0.15, 0.2) is 0 Å². The summed E-state index contributed by atoms with van der Waals surface area (Å²) in [6.45, 7) is 7.13. The van der Waals surface area contributed by atoms with Gasteiger partial charge >= 0.3 is 0 Å². The molecular formula is C10H18FN. The van der Waals surface area contributed by atoms with E-state index in [2.05, 4.69) is 11.9 Å². The summed E-state index contributed by atoms with van der Waals surface area (Å²) >= 11 is 0. The zero-order chi connectivity index (χ0) is 9.03. The zero-order valence-corrected chi connectivity index (χ0v) is 7.78. The van der Waals surface area contributed by atoms with Crippen molar-refractivity contribution in [2.75, 3.05) is 13.1 Å². The Labute approximate surface area is 74.0 Å². The molecule has 1 fully saturated rings. The lowest BCUT2D eigenvalue weighted by Crippen LogP contribution is -2.41. The number of allylic oxidation sites excluding steroid dienone is 1. The van der Waals surface area contributed by atoms with E-state index in [0.29, 0.717) is 6.42 Å². The van der Waals surface area contributed by atoms with Crippen molar-refractivity contribution in [3.63, 3.8) is 0 Å². The van der Waals surface area contributed by atoms with Gasteiger partial charge in [0.25, 0.3) is 0 Å². The fourth-order valence-corrected chi connectivity index (χ4v) is 1.81. The molecule has 0 spiro atoms. The van der Waals surface area contributed by atoms with Crippen molar-refractivity contribution in [3.05, 3.63) is 12.7 Å². The molecule has 0 aromatic rings. The van der Waals surface area contributed by atoms with E-state index in [1.807, 2.05) is 0 Å². The summed E-state index contributed by atoms with van der Waals surface area (Å²) in [6.07, 6.45) is 4.25. The lowest BCUT2D eigenvalue weighted by atomic mass is 9.83. The predicted octanol–water partition coefficient (Wildman–Crippen LogP) is 2.29. The lowest BCUT2D eigenvalue weighted by Gasteiger charge is -2.33. The summed E-state index contributed by atoms with van der Waals surface area (Å²) < 4.78 is 13.9. The maximum absolute atomic E-state index is 13.9. The third-order valence-corrected chi connectivity index (χ3v) is 2.69. The third-order valence-electron chi connectivity index (χ3n) is 2.69. The molecule has 1 heterocycles. The van der Waals surface area contributed by atoms with Gasteiger partial charge in [0.1, 0.15) is 5.67 Å². The van der Waals surface area contributed by atoms with Crippen LogP contribution in [0.5, 0.6) is 0 Å². The Morgan fingerprint density at radius 1 is 1.75 bits per heavy atom. The molecule has 1 N–H and O–H groups in total. The Morgan fingerprint density at radius 3 is 3.00 bits per heavy atom. The predicted molar refractivity (Wildman–Crippen MR) is 49.9 cm³/mol. The van der Waals surface area contributed by atoms with Gasteiger partial charge in [-0.3, -0.25) is 0 Å². The molecule has 1 nitrogen and oxygen atoms in total. The molecule has 0 bridgehead atoms. The SMILES string of the molecule is C=CCC(C)(F)C1CCCNC1. The number of hydrogen-bond donors (Lipinski definition) is 1. The Hall–Kier alpha value is -0.370. The van der Waals surface area contributed by atoms with Gasteiger partial charge in [-0.2, -0.15) is 0 Å². The molecular weight excluding hydrogens is 153 g/mol. The highest BCUT2D eigenvalue weighted by atomic mass is 19.1. The van der Waals surface area contributed by atoms with Crippen molar-refractivity contribution < 1.29 is 4.39 Å². The number of nitrogens with one attached hydrogen (secondary N) is 1. The molecule has 1 aliphatic heterocycles. The van der Waals surface area contributed by atoms with Crippen molar-refractivity contribution in [1.82, 2.24) is 5.32 Å². The number of halogens is 1. The van der Waals surface area contributed by atoms with E-state index in [9.17, 15) is 4.39 Å². The number of piperidine rings is 1. The van der Waals surface area contributed by atoms with Crippen molar-refractivity contribution >= 4 is 0 Å². The van der Waals surface area contributed by atoms with Gasteiger partial charge in [-0.05, 0) is 32.7 Å². The average molecular weight is 171 g/mol. The van der Waals surface area contributed by atoms with Crippen LogP contribution in [0.2, 0.25) is 0 Å². The maximum Gasteiger partial charge on any atom is 0.115 e. The van der Waals surface area contributed by atoms with Crippen LogP contribution in [-0.4, -0.2) is 18.8 Å². The minimum Gasteiger partial charge on any atom is -0.316 e. The second-order valence-electron chi connectivity index (χ2n) is 3.81. The molecule has 0 aliphatic carbocycles. The third kappa shape index (κ3) is 2.31. The topological polar surface area (TPSA) is 12.0 Å². The lowest BCUT2D eigenvalue weighted by molar-refractivity contribution is 0.0863. The van der Waals surface area contributed by atoms with Crippen LogP contribution in [0.4, 0.5) is 4.39 Å². The van der Waals surface area contributed by atoms with E-state index in [1.165, 1.54) is 0 Å². The largest absolute Gasteiger partial charge is 0.316 e. The van der Waals surface area contributed by atoms with Gasteiger partial charge in [0, 0.05) is 12.5 Å². The molecule has 1 saturated heterocycles. The molecule has 0 aromatic heterocycles. The normalized spacial score (nSPS) is 29.3. The number of hydrogen-bond acceptors (Lipinski definition) is 1. The number of alkyl halides is 1. The zero-order valence-electron chi connectivity index (χ0n) is 7.78. The fourth-order valence-electron chi connectivity index (χ4n) is 1.81. The first kappa shape index (κ1) is 9.72. The van der Waals surface area contributed by atoms with E-state index < -0.39 is 5.67 Å². The van der Waals surface area contributed by atoms with Crippen molar-refractivity contribution in [2.24, 2.45) is 5.92 Å². The van der Waals surface area contributed by atoms with Crippen molar-refractivity contribution in [2.45, 2.75) is 31.9 Å². The minimum absolute atomic E-state index is 0.171. The van der Waals surface area contributed by atoms with Crippen LogP contribution in [0.3, 0.4) is 0 Å². The first-order chi connectivity index (χ1) is 5.67. The molecule has 2 unspecified atom stereocenters. The second kappa shape index (κ2) is 4.04. The van der Waals surface area contributed by atoms with Crippen LogP contribution in [0.25, 0.3) is 0 Å². The van der Waals surface area contributed by atoms with Crippen LogP contribution < -0.4 is 5.32 Å². The maximum atomic E-state index is 13.9. The molecule has 2 heteroatoms. The molecule has 0 saturated carbocycles. The van der Waals surface area contributed by atoms with Crippen molar-refractivity contribution in [3.8, 4) is 0 Å². The van der Waals surface area contributed by atoms with Gasteiger partial charge in [-0.25, -0.2) is 4.39 Å². The van der Waals surface area contributed by atoms with Crippen molar-refractivity contribution in [1.29, 1.82) is 0 Å². The molecule has 1 aliphatic rings. The molecule has 70 valence electrons. The van der Waals surface area contributed by atoms with Crippen LogP contribution in [0, 0.1) is 5.92 Å². The molecule has 2 atom stereocenters. The summed E-state index contributed by atoms with van der Waals surface area (Å²) in [5.74, 6) is 0.171. The molecule has 12 heavy (non-hydrogen) atoms. The highest BCUT2D eigenvalue weighted by Gasteiger charge is 2.33. The molecule has 1 rings (SSSR count). The Bertz CT molecular complexity index is 148. The van der Waals surface area contributed by atoms with Gasteiger partial charge in [0.05, 0.1) is 0 Å². The van der Waals surface area contributed by atoms with Crippen LogP contribution in [0.15, 0.2) is 12.7 Å². The highest BCUT2D eigenvalue weighted by molar-refractivity contribution is 4.91. The summed E-state index contributed by atoms with van der Waals surface area (Å²) in [5, 5.41) is 3.23. The highest BCUT2D eigenvalue weighted by Crippen LogP contribution is 2.30. The minimum atomic E-state index is -1.06. The second-order valence-corrected chi connectivity index (χ2v) is 3.81. The Morgan fingerprint density at radius 2 is 2.50 bits per heavy atom. The average Bonchev–Trinajstić information content (AvgIpc) is 2.06. The Balaban J connectivity index is 2.47. The Kier molecular flexibility index (Phi) is 3.27. The van der Waals surface area contributed by atoms with Gasteiger partial charge in [-0.1, -0.05) is 6.08 Å². The first-order valence-electron chi connectivity index (χ1n) is 4.67. The monoisotopic (exact) mass is 171 g/mol. The molecule has 0 amide bonds. The fraction of sp³-hybridized carbons (Fsp3) is 0.800. The summed E-state index contributed by atoms with van der Waals surface area (Å²) in [6, 6.07) is 0. The quantitative estimate of drug-likeness (QED) is 0.642. The van der Waals surface area contributed by atoms with Crippen LogP contribution in [-0.2, 0) is 0 Å². The first-order valence-corrected chi connectivity index (χ1v) is 4.67. The smallest absolute Gasteiger partial charge is 0.115 e. The van der Waals surface area contributed by atoms with E-state index in [-0.39, 0.29) is 5.92 Å².